The number of halogens is 2. The first kappa shape index (κ1) is 18.8. The molecular weight excluding hydrogens is 354 g/mol. The lowest BCUT2D eigenvalue weighted by Crippen LogP contribution is -2.56. The van der Waals surface area contributed by atoms with E-state index in [4.69, 9.17) is 4.74 Å². The fourth-order valence-electron chi connectivity index (χ4n) is 2.77. The Morgan fingerprint density at radius 1 is 1.07 bits per heavy atom. The fourth-order valence-corrected chi connectivity index (χ4v) is 2.77. The minimum Gasteiger partial charge on any atom is -0.481 e. The van der Waals surface area contributed by atoms with Gasteiger partial charge in [0.25, 0.3) is 5.91 Å². The standard InChI is InChI=1S/C20H20F2N2O3/c21-16-7-5-14(6-8-16)9-10-23-20(26)15-11-24(12-15)19(25)13-27-18-4-2-1-3-17(18)22/h1-8,15H,9-13H2,(H,23,26). The van der Waals surface area contributed by atoms with Crippen LogP contribution in [-0.4, -0.2) is 43.0 Å². The Balaban J connectivity index is 1.34. The molecule has 0 unspecified atom stereocenters. The van der Waals surface area contributed by atoms with Crippen LogP contribution in [0.4, 0.5) is 8.78 Å². The largest absolute Gasteiger partial charge is 0.481 e. The molecule has 1 fully saturated rings. The van der Waals surface area contributed by atoms with Gasteiger partial charge in [-0.2, -0.15) is 0 Å². The van der Waals surface area contributed by atoms with E-state index in [0.29, 0.717) is 26.1 Å². The zero-order valence-electron chi connectivity index (χ0n) is 14.7. The second-order valence-corrected chi connectivity index (χ2v) is 6.38. The van der Waals surface area contributed by atoms with E-state index in [1.165, 1.54) is 29.2 Å². The van der Waals surface area contributed by atoms with Crippen molar-refractivity contribution < 1.29 is 23.1 Å². The van der Waals surface area contributed by atoms with Gasteiger partial charge in [0.15, 0.2) is 18.2 Å². The van der Waals surface area contributed by atoms with Crippen molar-refractivity contribution in [2.45, 2.75) is 6.42 Å². The van der Waals surface area contributed by atoms with Gasteiger partial charge in [-0.3, -0.25) is 9.59 Å². The first-order chi connectivity index (χ1) is 13.0. The molecule has 1 aliphatic heterocycles. The highest BCUT2D eigenvalue weighted by atomic mass is 19.1. The van der Waals surface area contributed by atoms with Gasteiger partial charge in [-0.1, -0.05) is 24.3 Å². The number of amides is 2. The van der Waals surface area contributed by atoms with Crippen LogP contribution >= 0.6 is 0 Å². The number of hydrogen-bond acceptors (Lipinski definition) is 3. The quantitative estimate of drug-likeness (QED) is 0.808. The number of para-hydroxylation sites is 1. The second-order valence-electron chi connectivity index (χ2n) is 6.38. The lowest BCUT2D eigenvalue weighted by Gasteiger charge is -2.38. The Labute approximate surface area is 155 Å². The number of nitrogens with one attached hydrogen (secondary N) is 1. The van der Waals surface area contributed by atoms with Gasteiger partial charge in [-0.15, -0.1) is 0 Å². The zero-order chi connectivity index (χ0) is 19.2. The van der Waals surface area contributed by atoms with E-state index in [2.05, 4.69) is 5.32 Å². The number of carbonyl (C=O) groups is 2. The third-order valence-corrected chi connectivity index (χ3v) is 4.42. The molecule has 1 heterocycles. The van der Waals surface area contributed by atoms with E-state index in [0.717, 1.165) is 5.56 Å². The number of hydrogen-bond donors (Lipinski definition) is 1. The van der Waals surface area contributed by atoms with Gasteiger partial charge in [0.05, 0.1) is 5.92 Å². The Morgan fingerprint density at radius 2 is 1.78 bits per heavy atom. The maximum atomic E-state index is 13.4. The van der Waals surface area contributed by atoms with Crippen LogP contribution < -0.4 is 10.1 Å². The van der Waals surface area contributed by atoms with E-state index in [9.17, 15) is 18.4 Å². The number of ether oxygens (including phenoxy) is 1. The Kier molecular flexibility index (Phi) is 6.01. The van der Waals surface area contributed by atoms with Crippen LogP contribution in [0.2, 0.25) is 0 Å². The summed E-state index contributed by atoms with van der Waals surface area (Å²) in [4.78, 5) is 25.6. The van der Waals surface area contributed by atoms with Gasteiger partial charge in [0.1, 0.15) is 5.82 Å². The molecule has 0 aliphatic carbocycles. The molecule has 0 atom stereocenters. The van der Waals surface area contributed by atoms with Gasteiger partial charge >= 0.3 is 0 Å². The minimum atomic E-state index is -0.521. The summed E-state index contributed by atoms with van der Waals surface area (Å²) in [6.45, 7) is 0.828. The van der Waals surface area contributed by atoms with Crippen LogP contribution in [0.5, 0.6) is 5.75 Å². The first-order valence-electron chi connectivity index (χ1n) is 8.70. The fraction of sp³-hybridized carbons (Fsp3) is 0.300. The molecule has 0 aromatic heterocycles. The average molecular weight is 374 g/mol. The highest BCUT2D eigenvalue weighted by molar-refractivity contribution is 5.85. The predicted octanol–water partition coefficient (Wildman–Crippen LogP) is 2.16. The number of carbonyl (C=O) groups excluding carboxylic acids is 2. The van der Waals surface area contributed by atoms with Crippen LogP contribution in [-0.2, 0) is 16.0 Å². The van der Waals surface area contributed by atoms with Crippen molar-refractivity contribution in [3.8, 4) is 5.75 Å². The molecule has 0 bridgehead atoms. The third-order valence-electron chi connectivity index (χ3n) is 4.42. The average Bonchev–Trinajstić information content (AvgIpc) is 2.61. The molecule has 3 rings (SSSR count). The molecule has 1 aliphatic rings. The van der Waals surface area contributed by atoms with Gasteiger partial charge < -0.3 is 15.0 Å². The summed E-state index contributed by atoms with van der Waals surface area (Å²) in [5, 5.41) is 2.82. The highest BCUT2D eigenvalue weighted by Crippen LogP contribution is 2.18. The van der Waals surface area contributed by atoms with Crippen molar-refractivity contribution >= 4 is 11.8 Å². The smallest absolute Gasteiger partial charge is 0.260 e. The molecule has 2 aromatic carbocycles. The molecule has 5 nitrogen and oxygen atoms in total. The SMILES string of the molecule is O=C(NCCc1ccc(F)cc1)C1CN(C(=O)COc2ccccc2F)C1. The van der Waals surface area contributed by atoms with Crippen LogP contribution in [0.25, 0.3) is 0 Å². The third kappa shape index (κ3) is 5.03. The van der Waals surface area contributed by atoms with Crippen molar-refractivity contribution in [2.75, 3.05) is 26.2 Å². The van der Waals surface area contributed by atoms with Crippen molar-refractivity contribution in [3.05, 3.63) is 65.7 Å². The molecule has 0 saturated carbocycles. The highest BCUT2D eigenvalue weighted by Gasteiger charge is 2.35. The van der Waals surface area contributed by atoms with Gasteiger partial charge in [0, 0.05) is 19.6 Å². The molecule has 27 heavy (non-hydrogen) atoms. The normalized spacial score (nSPS) is 13.8. The summed E-state index contributed by atoms with van der Waals surface area (Å²) in [6.07, 6.45) is 0.609. The lowest BCUT2D eigenvalue weighted by atomic mass is 9.99. The summed E-state index contributed by atoms with van der Waals surface area (Å²) in [5.41, 5.74) is 0.937. The first-order valence-corrected chi connectivity index (χ1v) is 8.70. The molecule has 0 spiro atoms. The van der Waals surface area contributed by atoms with Gasteiger partial charge in [0.2, 0.25) is 5.91 Å². The molecular formula is C20H20F2N2O3. The van der Waals surface area contributed by atoms with E-state index < -0.39 is 5.82 Å². The second kappa shape index (κ2) is 8.62. The number of nitrogens with zero attached hydrogens (tertiary/aromatic N) is 1. The van der Waals surface area contributed by atoms with Crippen molar-refractivity contribution in [1.82, 2.24) is 10.2 Å². The van der Waals surface area contributed by atoms with Crippen molar-refractivity contribution in [3.63, 3.8) is 0 Å². The Hall–Kier alpha value is -2.96. The van der Waals surface area contributed by atoms with E-state index in [-0.39, 0.29) is 35.9 Å². The van der Waals surface area contributed by atoms with Gasteiger partial charge in [-0.05, 0) is 36.2 Å². The molecule has 7 heteroatoms. The predicted molar refractivity (Wildman–Crippen MR) is 95.1 cm³/mol. The number of benzene rings is 2. The summed E-state index contributed by atoms with van der Waals surface area (Å²) in [5.74, 6) is -1.43. The van der Waals surface area contributed by atoms with Crippen LogP contribution in [0.1, 0.15) is 5.56 Å². The molecule has 142 valence electrons. The number of rotatable bonds is 7. The van der Waals surface area contributed by atoms with Gasteiger partial charge in [-0.25, -0.2) is 8.78 Å². The van der Waals surface area contributed by atoms with Crippen molar-refractivity contribution in [2.24, 2.45) is 5.92 Å². The number of likely N-dealkylation sites (tertiary alicyclic amines) is 1. The molecule has 1 N–H and O–H groups in total. The lowest BCUT2D eigenvalue weighted by molar-refractivity contribution is -0.144. The molecule has 2 aromatic rings. The van der Waals surface area contributed by atoms with Crippen molar-refractivity contribution in [1.29, 1.82) is 0 Å². The summed E-state index contributed by atoms with van der Waals surface area (Å²) >= 11 is 0. The monoisotopic (exact) mass is 374 g/mol. The van der Waals surface area contributed by atoms with E-state index >= 15 is 0 Å². The molecule has 1 saturated heterocycles. The summed E-state index contributed by atoms with van der Waals surface area (Å²) < 4.78 is 31.5. The summed E-state index contributed by atoms with van der Waals surface area (Å²) in [7, 11) is 0. The Morgan fingerprint density at radius 3 is 2.48 bits per heavy atom. The molecule has 0 radical (unpaired) electrons. The van der Waals surface area contributed by atoms with Crippen LogP contribution in [0.15, 0.2) is 48.5 Å². The van der Waals surface area contributed by atoms with Crippen LogP contribution in [0, 0.1) is 17.6 Å². The molecule has 2 amide bonds. The maximum Gasteiger partial charge on any atom is 0.260 e. The Bertz CT molecular complexity index is 805. The minimum absolute atomic E-state index is 0.0291. The topological polar surface area (TPSA) is 58.6 Å². The zero-order valence-corrected chi connectivity index (χ0v) is 14.7. The maximum absolute atomic E-state index is 13.4. The summed E-state index contributed by atoms with van der Waals surface area (Å²) in [6, 6.07) is 12.0. The van der Waals surface area contributed by atoms with Crippen LogP contribution in [0.3, 0.4) is 0 Å². The van der Waals surface area contributed by atoms with E-state index in [1.54, 1.807) is 24.3 Å². The van der Waals surface area contributed by atoms with E-state index in [1.807, 2.05) is 0 Å².